The molecule has 5 heterocycles. The number of thioether (sulfide) groups is 2. The number of oxime groups is 1. The summed E-state index contributed by atoms with van der Waals surface area (Å²) in [5, 5.41) is 59.1. The van der Waals surface area contributed by atoms with Gasteiger partial charge in [0.25, 0.3) is 11.8 Å². The van der Waals surface area contributed by atoms with Crippen molar-refractivity contribution in [2.24, 2.45) is 10.1 Å². The molecule has 0 spiro atoms. The third-order valence-corrected chi connectivity index (χ3v) is 13.3. The van der Waals surface area contributed by atoms with Gasteiger partial charge in [0.05, 0.1) is 16.1 Å². The van der Waals surface area contributed by atoms with Crippen molar-refractivity contribution < 1.29 is 57.6 Å². The van der Waals surface area contributed by atoms with Crippen LogP contribution in [-0.2, 0) is 35.7 Å². The van der Waals surface area contributed by atoms with Gasteiger partial charge in [0.15, 0.2) is 55.3 Å². The number of nitrogens with two attached hydrogens (primary N) is 1. The van der Waals surface area contributed by atoms with E-state index in [1.54, 1.807) is 13.0 Å². The zero-order valence-corrected chi connectivity index (χ0v) is 32.8. The number of carboxylic acids is 1. The number of fused-ring (bicyclic) bond motifs is 2. The summed E-state index contributed by atoms with van der Waals surface area (Å²) in [5.74, 6) is -6.89. The van der Waals surface area contributed by atoms with Crippen LogP contribution in [0.3, 0.4) is 0 Å². The van der Waals surface area contributed by atoms with Crippen molar-refractivity contribution >= 4 is 109 Å². The number of nitrogens with zero attached hydrogens (tertiary/aromatic N) is 6. The second kappa shape index (κ2) is 17.3. The van der Waals surface area contributed by atoms with Crippen LogP contribution < -0.4 is 16.6 Å². The Morgan fingerprint density at radius 2 is 1.92 bits per heavy atom. The maximum atomic E-state index is 14.4. The summed E-state index contributed by atoms with van der Waals surface area (Å²) in [4.78, 5) is 54.2. The number of nitrogen functional groups attached to an aromatic ring is 1. The van der Waals surface area contributed by atoms with Gasteiger partial charge in [-0.05, 0) is 42.8 Å². The van der Waals surface area contributed by atoms with Gasteiger partial charge in [0, 0.05) is 34.2 Å². The number of aromatic hydroxyl groups is 4. The number of hydrogen-bond acceptors (Lipinski definition) is 20. The van der Waals surface area contributed by atoms with Gasteiger partial charge in [-0.3, -0.25) is 19.5 Å². The molecule has 7 rings (SSSR count). The van der Waals surface area contributed by atoms with Crippen LogP contribution >= 0.6 is 34.9 Å². The van der Waals surface area contributed by atoms with Crippen molar-refractivity contribution in [2.75, 3.05) is 23.1 Å². The van der Waals surface area contributed by atoms with Gasteiger partial charge in [0.1, 0.15) is 35.3 Å². The molecule has 4 aliphatic heterocycles. The third-order valence-electron chi connectivity index (χ3n) is 8.65. The van der Waals surface area contributed by atoms with Crippen molar-refractivity contribution in [3.8, 4) is 23.0 Å². The number of aliphatic imine (C=N–C) groups is 1. The first-order chi connectivity index (χ1) is 27.5. The summed E-state index contributed by atoms with van der Waals surface area (Å²) in [6, 6.07) is 4.16. The molecule has 1 aromatic heterocycles. The first kappa shape index (κ1) is 43.6. The molecule has 0 saturated carbocycles. The average molecular weight is 900 g/mol. The predicted octanol–water partition coefficient (Wildman–Crippen LogP) is 1.01. The molecule has 20 nitrogen and oxygen atoms in total. The van der Waals surface area contributed by atoms with Crippen molar-refractivity contribution in [2.45, 2.75) is 29.8 Å². The molecule has 0 radical (unpaired) electrons. The number of halogens is 1. The second-order valence-corrected chi connectivity index (χ2v) is 17.6. The summed E-state index contributed by atoms with van der Waals surface area (Å²) in [6.45, 7) is 1.15. The number of aliphatic carboxylic acids is 1. The Morgan fingerprint density at radius 1 is 1.17 bits per heavy atom. The van der Waals surface area contributed by atoms with E-state index < -0.39 is 86.0 Å². The summed E-state index contributed by atoms with van der Waals surface area (Å²) in [7, 11) is -4.00. The van der Waals surface area contributed by atoms with E-state index in [-0.39, 0.29) is 68.0 Å². The maximum absolute atomic E-state index is 14.4. The molecule has 306 valence electrons. The Kier molecular flexibility index (Phi) is 12.8. The van der Waals surface area contributed by atoms with Gasteiger partial charge in [-0.25, -0.2) is 32.6 Å². The van der Waals surface area contributed by atoms with E-state index >= 15 is 0 Å². The molecule has 0 aliphatic carbocycles. The third kappa shape index (κ3) is 8.82. The summed E-state index contributed by atoms with van der Waals surface area (Å²) >= 11 is 3.40. The number of carboxylic acid groups (broad SMARTS) is 1. The minimum atomic E-state index is -4.00. The number of thiazole rings is 1. The number of carbonyl (C=O) groups is 3. The quantitative estimate of drug-likeness (QED) is 0.0391. The molecule has 2 aromatic carbocycles. The Labute approximate surface area is 367 Å². The van der Waals surface area contributed by atoms with Crippen LogP contribution in [0.2, 0.25) is 0 Å². The topological polar surface area (TPSA) is 293 Å². The predicted molar refractivity (Wildman–Crippen MR) is 215 cm³/mol. The van der Waals surface area contributed by atoms with Gasteiger partial charge in [-0.1, -0.05) is 5.16 Å². The number of β-lactam (4-membered cyclic amide) rings is 1. The van der Waals surface area contributed by atoms with E-state index in [0.717, 1.165) is 46.6 Å². The van der Waals surface area contributed by atoms with Crippen molar-refractivity contribution in [3.63, 3.8) is 0 Å². The Hall–Kier alpha value is -5.02. The summed E-state index contributed by atoms with van der Waals surface area (Å²) in [6.07, 6.45) is 3.16. The molecule has 1 fully saturated rings. The Morgan fingerprint density at radius 3 is 2.61 bits per heavy atom. The number of carbonyl (C=O) groups excluding carboxylic acids is 2. The van der Waals surface area contributed by atoms with Crippen LogP contribution in [0.1, 0.15) is 18.2 Å². The fourth-order valence-electron chi connectivity index (χ4n) is 5.87. The van der Waals surface area contributed by atoms with Gasteiger partial charge >= 0.3 is 35.5 Å². The van der Waals surface area contributed by atoms with Crippen LogP contribution in [0, 0.1) is 5.82 Å². The molecule has 3 aromatic rings. The molecule has 1 saturated heterocycles. The Balaban J connectivity index is 0.00000585. The molecule has 4 aliphatic rings. The number of benzene rings is 2. The van der Waals surface area contributed by atoms with Gasteiger partial charge in [-0.2, -0.15) is 0 Å². The van der Waals surface area contributed by atoms with Crippen LogP contribution in [0.4, 0.5) is 9.52 Å². The number of allylic oxidation sites excluding steroid dienone is 1. The van der Waals surface area contributed by atoms with E-state index in [2.05, 4.69) is 26.0 Å². The van der Waals surface area contributed by atoms with Gasteiger partial charge in [-0.15, -0.1) is 40.4 Å². The minimum absolute atomic E-state index is 0. The number of rotatable bonds is 13. The molecule has 0 unspecified atom stereocenters. The van der Waals surface area contributed by atoms with Crippen LogP contribution in [0.25, 0.3) is 0 Å². The standard InChI is InChI=1S/C33H30FN9O11S4.Na.H/c1-14-6-23(43-22(36-14)8-41(40-43)13-58(52,53)17-3-5-19(44)21(46)7-17)55-10-16-11-56-31-26(30(49)42(31)27(16)32(50)51)38-29(48)25(18-12-57-33(35)37-18)39-54-9-15-2-4-20(45)28(47)24(15)34;;/h2-8,12,26,31,40,44-47H,9-11,13H2,1H3,(H2,35,37)(H,38,48)(H,50,51);;/t26-,31-;;/m1../s1. The second-order valence-electron chi connectivity index (χ2n) is 12.6. The number of amides is 2. The van der Waals surface area contributed by atoms with E-state index in [1.807, 2.05) is 0 Å². The Bertz CT molecular complexity index is 2530. The number of nitrogens with one attached hydrogen (secondary N) is 2. The summed E-state index contributed by atoms with van der Waals surface area (Å²) < 4.78 is 40.5. The molecule has 2 amide bonds. The normalized spacial score (nSPS) is 18.9. The molecule has 59 heavy (non-hydrogen) atoms. The number of sulfone groups is 1. The fourth-order valence-corrected chi connectivity index (χ4v) is 10.2. The van der Waals surface area contributed by atoms with Crippen LogP contribution in [0.15, 0.2) is 85.2 Å². The van der Waals surface area contributed by atoms with Gasteiger partial charge in [0.2, 0.25) is 0 Å². The molecule has 0 bridgehead atoms. The number of aromatic nitrogens is 1. The molecular formula is C33H31FN9NaO11S4. The van der Waals surface area contributed by atoms with Crippen molar-refractivity contribution in [3.05, 3.63) is 87.2 Å². The zero-order chi connectivity index (χ0) is 41.6. The monoisotopic (exact) mass is 899 g/mol. The average Bonchev–Trinajstić information content (AvgIpc) is 3.79. The molecule has 2 atom stereocenters. The first-order valence-corrected chi connectivity index (χ1v) is 21.1. The van der Waals surface area contributed by atoms with E-state index in [0.29, 0.717) is 22.1 Å². The van der Waals surface area contributed by atoms with Crippen LogP contribution in [0.5, 0.6) is 23.0 Å². The van der Waals surface area contributed by atoms with E-state index in [4.69, 9.17) is 10.6 Å². The number of hydrazine groups is 2. The zero-order valence-electron chi connectivity index (χ0n) is 29.6. The number of hydrogen-bond donors (Lipinski definition) is 8. The molecular weight excluding hydrogens is 869 g/mol. The fraction of sp³-hybridized carbons (Fsp3) is 0.212. The van der Waals surface area contributed by atoms with Crippen LogP contribution in [-0.4, -0.2) is 141 Å². The van der Waals surface area contributed by atoms with E-state index in [9.17, 15) is 52.7 Å². The number of phenolic OH excluding ortho intramolecular Hbond substituents is 4. The van der Waals surface area contributed by atoms with Crippen molar-refractivity contribution in [1.29, 1.82) is 0 Å². The van der Waals surface area contributed by atoms with Gasteiger partial charge < -0.3 is 41.4 Å². The molecule has 26 heteroatoms. The number of anilines is 1. The number of phenols is 4. The van der Waals surface area contributed by atoms with E-state index in [1.165, 1.54) is 45.1 Å². The molecule has 9 N–H and O–H groups in total. The van der Waals surface area contributed by atoms with Crippen molar-refractivity contribution in [1.82, 2.24) is 30.8 Å². The summed E-state index contributed by atoms with van der Waals surface area (Å²) in [5.41, 5.74) is 8.75. The first-order valence-electron chi connectivity index (χ1n) is 16.5. The SMILES string of the molecule is CC1=NC2=CN(CS(=O)(=O)c3ccc(O)c(O)c3)NN2C(SCC2=C(C(=O)O)N3C(=O)[C@@H](NC(=O)C(=NOCc4ccc(O)c(O)c4F)c4csc(N)n4)[C@H]3SC2)=C1.[NaH].